The largest absolute Gasteiger partial charge is 0.389 e. The van der Waals surface area contributed by atoms with E-state index < -0.39 is 0 Å². The van der Waals surface area contributed by atoms with Crippen molar-refractivity contribution in [2.24, 2.45) is 5.73 Å². The first-order chi connectivity index (χ1) is 11.4. The fourth-order valence-corrected chi connectivity index (χ4v) is 3.27. The van der Waals surface area contributed by atoms with E-state index in [2.05, 4.69) is 11.9 Å². The van der Waals surface area contributed by atoms with E-state index in [-0.39, 0.29) is 21.8 Å². The molecule has 0 aliphatic carbocycles. The Kier molecular flexibility index (Phi) is 4.56. The summed E-state index contributed by atoms with van der Waals surface area (Å²) in [4.78, 5) is 16.8. The highest BCUT2D eigenvalue weighted by atomic mass is 32.1. The molecule has 3 rings (SSSR count). The third kappa shape index (κ3) is 2.89. The Hall–Kier alpha value is -1.99. The standard InChI is InChI=1S/C17H21FN4OS/c1-3-21-10-12(17(19)24)16(23)11-8-13(18)15(9-14(11)21)22-6-4-20(2)5-7-22/h8-10H,3-7H2,1-2H3,(H2,19,24). The Morgan fingerprint density at radius 2 is 1.96 bits per heavy atom. The number of rotatable bonds is 3. The highest BCUT2D eigenvalue weighted by Crippen LogP contribution is 2.26. The van der Waals surface area contributed by atoms with Gasteiger partial charge in [0.2, 0.25) is 0 Å². The second kappa shape index (κ2) is 6.49. The molecule has 2 aromatic rings. The van der Waals surface area contributed by atoms with Gasteiger partial charge in [0.15, 0.2) is 5.43 Å². The van der Waals surface area contributed by atoms with Crippen LogP contribution in [0.25, 0.3) is 10.9 Å². The van der Waals surface area contributed by atoms with Gasteiger partial charge in [0.1, 0.15) is 10.8 Å². The second-order valence-corrected chi connectivity index (χ2v) is 6.57. The minimum Gasteiger partial charge on any atom is -0.389 e. The Morgan fingerprint density at radius 1 is 1.29 bits per heavy atom. The van der Waals surface area contributed by atoms with Gasteiger partial charge in [-0.25, -0.2) is 4.39 Å². The van der Waals surface area contributed by atoms with Gasteiger partial charge in [-0.3, -0.25) is 4.79 Å². The number of hydrogen-bond acceptors (Lipinski definition) is 4. The quantitative estimate of drug-likeness (QED) is 0.853. The maximum atomic E-state index is 14.7. The summed E-state index contributed by atoms with van der Waals surface area (Å²) in [6.45, 7) is 5.91. The number of likely N-dealkylation sites (N-methyl/N-ethyl adjacent to an activating group) is 1. The molecule has 1 aliphatic rings. The SMILES string of the molecule is CCn1cc(C(N)=S)c(=O)c2cc(F)c(N3CCN(C)CC3)cc21. The van der Waals surface area contributed by atoms with Gasteiger partial charge in [0.25, 0.3) is 0 Å². The van der Waals surface area contributed by atoms with Crippen molar-refractivity contribution in [3.8, 4) is 0 Å². The summed E-state index contributed by atoms with van der Waals surface area (Å²) in [5.74, 6) is -0.383. The maximum Gasteiger partial charge on any atom is 0.199 e. The van der Waals surface area contributed by atoms with Gasteiger partial charge < -0.3 is 20.1 Å². The molecule has 0 unspecified atom stereocenters. The minimum absolute atomic E-state index is 0.0349. The van der Waals surface area contributed by atoms with Crippen molar-refractivity contribution in [2.45, 2.75) is 13.5 Å². The van der Waals surface area contributed by atoms with Crippen molar-refractivity contribution in [3.05, 3.63) is 39.9 Å². The van der Waals surface area contributed by atoms with Crippen molar-refractivity contribution >= 4 is 33.8 Å². The molecule has 2 heterocycles. The van der Waals surface area contributed by atoms with E-state index in [1.54, 1.807) is 12.3 Å². The van der Waals surface area contributed by atoms with Crippen molar-refractivity contribution < 1.29 is 4.39 Å². The zero-order chi connectivity index (χ0) is 17.4. The van der Waals surface area contributed by atoms with E-state index in [0.29, 0.717) is 23.1 Å². The van der Waals surface area contributed by atoms with E-state index in [0.717, 1.165) is 26.2 Å². The minimum atomic E-state index is -0.383. The van der Waals surface area contributed by atoms with Crippen LogP contribution in [0.3, 0.4) is 0 Å². The van der Waals surface area contributed by atoms with Crippen molar-refractivity contribution in [1.29, 1.82) is 0 Å². The zero-order valence-corrected chi connectivity index (χ0v) is 14.7. The first-order valence-corrected chi connectivity index (χ1v) is 8.43. The van der Waals surface area contributed by atoms with Crippen LogP contribution in [0, 0.1) is 5.82 Å². The van der Waals surface area contributed by atoms with Gasteiger partial charge >= 0.3 is 0 Å². The summed E-state index contributed by atoms with van der Waals surface area (Å²) in [5.41, 5.74) is 6.83. The van der Waals surface area contributed by atoms with Gasteiger partial charge in [0, 0.05) is 44.3 Å². The second-order valence-electron chi connectivity index (χ2n) is 6.13. The molecule has 1 fully saturated rings. The Morgan fingerprint density at radius 3 is 2.54 bits per heavy atom. The number of thiocarbonyl (C=S) groups is 1. The monoisotopic (exact) mass is 348 g/mol. The summed E-state index contributed by atoms with van der Waals surface area (Å²) in [5, 5.41) is 0.317. The molecule has 1 saturated heterocycles. The van der Waals surface area contributed by atoms with Crippen molar-refractivity contribution in [3.63, 3.8) is 0 Å². The maximum absolute atomic E-state index is 14.7. The molecule has 0 bridgehead atoms. The predicted octanol–water partition coefficient (Wildman–Crippen LogP) is 1.55. The Balaban J connectivity index is 2.18. The van der Waals surface area contributed by atoms with E-state index in [1.165, 1.54) is 6.07 Å². The highest BCUT2D eigenvalue weighted by Gasteiger charge is 2.20. The van der Waals surface area contributed by atoms with Gasteiger partial charge in [-0.2, -0.15) is 0 Å². The smallest absolute Gasteiger partial charge is 0.199 e. The number of aromatic nitrogens is 1. The van der Waals surface area contributed by atoms with E-state index in [9.17, 15) is 9.18 Å². The molecule has 1 aromatic carbocycles. The number of benzene rings is 1. The van der Waals surface area contributed by atoms with E-state index in [1.807, 2.05) is 16.4 Å². The molecule has 0 saturated carbocycles. The molecule has 2 N–H and O–H groups in total. The number of nitrogens with zero attached hydrogens (tertiary/aromatic N) is 3. The Labute approximate surface area is 145 Å². The summed E-state index contributed by atoms with van der Waals surface area (Å²) >= 11 is 4.95. The van der Waals surface area contributed by atoms with Crippen LogP contribution >= 0.6 is 12.2 Å². The number of piperazine rings is 1. The van der Waals surface area contributed by atoms with Gasteiger partial charge in [-0.1, -0.05) is 12.2 Å². The summed E-state index contributed by atoms with van der Waals surface area (Å²) in [6.07, 6.45) is 1.67. The fraction of sp³-hybridized carbons (Fsp3) is 0.412. The number of halogens is 1. The van der Waals surface area contributed by atoms with Crippen molar-refractivity contribution in [2.75, 3.05) is 38.1 Å². The van der Waals surface area contributed by atoms with Gasteiger partial charge in [0.05, 0.1) is 16.8 Å². The van der Waals surface area contributed by atoms with E-state index >= 15 is 0 Å². The van der Waals surface area contributed by atoms with Crippen LogP contribution in [0.4, 0.5) is 10.1 Å². The molecular weight excluding hydrogens is 327 g/mol. The lowest BCUT2D eigenvalue weighted by atomic mass is 10.1. The molecule has 0 radical (unpaired) electrons. The Bertz CT molecular complexity index is 856. The molecule has 0 amide bonds. The summed E-state index contributed by atoms with van der Waals surface area (Å²) in [7, 11) is 2.06. The van der Waals surface area contributed by atoms with Crippen LogP contribution in [-0.4, -0.2) is 47.7 Å². The third-order valence-corrected chi connectivity index (χ3v) is 4.82. The van der Waals surface area contributed by atoms with Crippen LogP contribution in [0.15, 0.2) is 23.1 Å². The topological polar surface area (TPSA) is 54.5 Å². The molecule has 1 aromatic heterocycles. The number of nitrogens with two attached hydrogens (primary N) is 1. The molecule has 0 spiro atoms. The third-order valence-electron chi connectivity index (χ3n) is 4.60. The zero-order valence-electron chi connectivity index (χ0n) is 13.9. The van der Waals surface area contributed by atoms with Crippen LogP contribution < -0.4 is 16.1 Å². The van der Waals surface area contributed by atoms with E-state index in [4.69, 9.17) is 18.0 Å². The van der Waals surface area contributed by atoms with Gasteiger partial charge in [-0.15, -0.1) is 0 Å². The number of anilines is 1. The molecule has 1 aliphatic heterocycles. The molecular formula is C17H21FN4OS. The summed E-state index contributed by atoms with van der Waals surface area (Å²) < 4.78 is 16.6. The van der Waals surface area contributed by atoms with Crippen LogP contribution in [0.5, 0.6) is 0 Å². The van der Waals surface area contributed by atoms with Crippen molar-refractivity contribution in [1.82, 2.24) is 9.47 Å². The average Bonchev–Trinajstić information content (AvgIpc) is 2.56. The lowest BCUT2D eigenvalue weighted by Crippen LogP contribution is -2.44. The van der Waals surface area contributed by atoms with Crippen LogP contribution in [0.2, 0.25) is 0 Å². The number of pyridine rings is 1. The fourth-order valence-electron chi connectivity index (χ4n) is 3.13. The average molecular weight is 348 g/mol. The number of hydrogen-bond donors (Lipinski definition) is 1. The first kappa shape index (κ1) is 16.9. The molecule has 7 heteroatoms. The summed E-state index contributed by atoms with van der Waals surface area (Å²) in [6, 6.07) is 3.09. The first-order valence-electron chi connectivity index (χ1n) is 8.02. The number of fused-ring (bicyclic) bond motifs is 1. The van der Waals surface area contributed by atoms with Crippen LogP contribution in [0.1, 0.15) is 12.5 Å². The highest BCUT2D eigenvalue weighted by molar-refractivity contribution is 7.80. The molecule has 0 atom stereocenters. The molecule has 5 nitrogen and oxygen atoms in total. The predicted molar refractivity (Wildman–Crippen MR) is 99.4 cm³/mol. The molecule has 24 heavy (non-hydrogen) atoms. The van der Waals surface area contributed by atoms with Crippen LogP contribution in [-0.2, 0) is 6.54 Å². The molecule has 128 valence electrons. The number of aryl methyl sites for hydroxylation is 1. The normalized spacial score (nSPS) is 15.9. The lowest BCUT2D eigenvalue weighted by molar-refractivity contribution is 0.312. The van der Waals surface area contributed by atoms with Gasteiger partial charge in [-0.05, 0) is 26.1 Å². The lowest BCUT2D eigenvalue weighted by Gasteiger charge is -2.34.